The fourth-order valence-electron chi connectivity index (χ4n) is 2.17. The highest BCUT2D eigenvalue weighted by atomic mass is 35.5. The Balaban J connectivity index is 2.22. The number of carbonyl (C=O) groups excluding carboxylic acids is 1. The van der Waals surface area contributed by atoms with Crippen LogP contribution in [0.5, 0.6) is 0 Å². The van der Waals surface area contributed by atoms with Gasteiger partial charge in [-0.25, -0.2) is 8.42 Å². The van der Waals surface area contributed by atoms with Crippen molar-refractivity contribution in [1.29, 1.82) is 0 Å². The van der Waals surface area contributed by atoms with Gasteiger partial charge in [-0.2, -0.15) is 0 Å². The third-order valence-corrected chi connectivity index (χ3v) is 5.76. The van der Waals surface area contributed by atoms with Gasteiger partial charge in [-0.05, 0) is 49.1 Å². The van der Waals surface area contributed by atoms with Gasteiger partial charge in [0.2, 0.25) is 15.9 Å². The van der Waals surface area contributed by atoms with Crippen LogP contribution in [0.1, 0.15) is 5.56 Å². The normalized spacial score (nSPS) is 11.2. The Bertz CT molecular complexity index is 885. The number of hydrogen-bond acceptors (Lipinski definition) is 4. The predicted molar refractivity (Wildman–Crippen MR) is 105 cm³/mol. The lowest BCUT2D eigenvalue weighted by Crippen LogP contribution is -2.37. The molecule has 0 spiro atoms. The van der Waals surface area contributed by atoms with Gasteiger partial charge < -0.3 is 5.32 Å². The number of anilines is 2. The van der Waals surface area contributed by atoms with Crippen molar-refractivity contribution in [3.05, 3.63) is 53.1 Å². The molecule has 0 saturated carbocycles. The molecule has 25 heavy (non-hydrogen) atoms. The second-order valence-corrected chi connectivity index (χ2v) is 8.68. The summed E-state index contributed by atoms with van der Waals surface area (Å²) >= 11 is 7.64. The number of halogens is 1. The topological polar surface area (TPSA) is 66.5 Å². The molecule has 2 rings (SSSR count). The van der Waals surface area contributed by atoms with Crippen molar-refractivity contribution in [3.63, 3.8) is 0 Å². The van der Waals surface area contributed by atoms with Crippen LogP contribution < -0.4 is 9.62 Å². The first-order valence-electron chi connectivity index (χ1n) is 7.38. The molecule has 1 amide bonds. The van der Waals surface area contributed by atoms with Crippen LogP contribution in [0.2, 0.25) is 5.02 Å². The van der Waals surface area contributed by atoms with Gasteiger partial charge in [0.25, 0.3) is 0 Å². The van der Waals surface area contributed by atoms with Gasteiger partial charge in [0.15, 0.2) is 0 Å². The number of benzene rings is 2. The van der Waals surface area contributed by atoms with Crippen LogP contribution in [0, 0.1) is 6.92 Å². The molecule has 0 aliphatic heterocycles. The predicted octanol–water partition coefficient (Wildman–Crippen LogP) is 3.78. The van der Waals surface area contributed by atoms with Crippen molar-refractivity contribution in [2.24, 2.45) is 0 Å². The molecule has 0 heterocycles. The minimum Gasteiger partial charge on any atom is -0.324 e. The van der Waals surface area contributed by atoms with Crippen molar-refractivity contribution < 1.29 is 13.2 Å². The van der Waals surface area contributed by atoms with Crippen LogP contribution in [0.3, 0.4) is 0 Å². The molecule has 0 saturated heterocycles. The Morgan fingerprint density at radius 1 is 1.24 bits per heavy atom. The fraction of sp³-hybridized carbons (Fsp3) is 0.235. The molecule has 0 atom stereocenters. The van der Waals surface area contributed by atoms with Crippen molar-refractivity contribution in [2.75, 3.05) is 28.7 Å². The lowest BCUT2D eigenvalue weighted by atomic mass is 10.2. The van der Waals surface area contributed by atoms with Crippen LogP contribution >= 0.6 is 23.4 Å². The average molecular weight is 399 g/mol. The third-order valence-electron chi connectivity index (χ3n) is 3.48. The second-order valence-electron chi connectivity index (χ2n) is 5.48. The summed E-state index contributed by atoms with van der Waals surface area (Å²) in [5.74, 6) is -0.430. The summed E-state index contributed by atoms with van der Waals surface area (Å²) in [6.45, 7) is 1.49. The lowest BCUT2D eigenvalue weighted by molar-refractivity contribution is -0.114. The number of hydrogen-bond donors (Lipinski definition) is 1. The van der Waals surface area contributed by atoms with E-state index in [1.165, 1.54) is 0 Å². The van der Waals surface area contributed by atoms with E-state index in [9.17, 15) is 13.2 Å². The van der Waals surface area contributed by atoms with E-state index < -0.39 is 15.9 Å². The molecule has 0 bridgehead atoms. The number of nitrogens with zero attached hydrogens (tertiary/aromatic N) is 1. The van der Waals surface area contributed by atoms with E-state index in [0.29, 0.717) is 16.4 Å². The molecule has 134 valence electrons. The summed E-state index contributed by atoms with van der Waals surface area (Å²) in [5, 5.41) is 3.17. The summed E-state index contributed by atoms with van der Waals surface area (Å²) in [7, 11) is -3.64. The average Bonchev–Trinajstić information content (AvgIpc) is 2.54. The van der Waals surface area contributed by atoms with E-state index >= 15 is 0 Å². The highest BCUT2D eigenvalue weighted by Crippen LogP contribution is 2.25. The number of amides is 1. The molecular weight excluding hydrogens is 380 g/mol. The number of thioether (sulfide) groups is 1. The van der Waals surface area contributed by atoms with Gasteiger partial charge in [-0.3, -0.25) is 9.10 Å². The molecule has 0 unspecified atom stereocenters. The first-order chi connectivity index (χ1) is 11.7. The van der Waals surface area contributed by atoms with Gasteiger partial charge in [-0.15, -0.1) is 11.8 Å². The maximum atomic E-state index is 12.3. The Labute approximate surface area is 157 Å². The molecule has 0 radical (unpaired) electrons. The first kappa shape index (κ1) is 19.6. The van der Waals surface area contributed by atoms with Crippen molar-refractivity contribution >= 4 is 50.7 Å². The summed E-state index contributed by atoms with van der Waals surface area (Å²) in [6, 6.07) is 12.2. The van der Waals surface area contributed by atoms with E-state index in [1.54, 1.807) is 36.0 Å². The number of aryl methyl sites for hydroxylation is 1. The third kappa shape index (κ3) is 5.39. The monoisotopic (exact) mass is 398 g/mol. The van der Waals surface area contributed by atoms with Crippen LogP contribution in [0.4, 0.5) is 11.4 Å². The zero-order valence-corrected chi connectivity index (χ0v) is 16.5. The molecule has 0 aliphatic carbocycles. The largest absolute Gasteiger partial charge is 0.324 e. The second kappa shape index (κ2) is 8.12. The van der Waals surface area contributed by atoms with Crippen LogP contribution in [0.25, 0.3) is 0 Å². The molecule has 1 N–H and O–H groups in total. The summed E-state index contributed by atoms with van der Waals surface area (Å²) in [5.41, 5.74) is 1.80. The van der Waals surface area contributed by atoms with Crippen molar-refractivity contribution in [2.45, 2.75) is 11.8 Å². The van der Waals surface area contributed by atoms with Crippen molar-refractivity contribution in [1.82, 2.24) is 0 Å². The standard InChI is InChI=1S/C17H19ClN2O3S2/c1-12-7-8-14(10-16(12)18)20(25(3,22)23)11-17(21)19-13-5-4-6-15(9-13)24-2/h4-10H,11H2,1-3H3,(H,19,21). The minimum absolute atomic E-state index is 0.332. The van der Waals surface area contributed by atoms with Gasteiger partial charge >= 0.3 is 0 Å². The van der Waals surface area contributed by atoms with Crippen LogP contribution in [-0.2, 0) is 14.8 Å². The molecule has 2 aromatic rings. The van der Waals surface area contributed by atoms with E-state index in [4.69, 9.17) is 11.6 Å². The molecule has 0 fully saturated rings. The first-order valence-corrected chi connectivity index (χ1v) is 10.8. The SMILES string of the molecule is CSc1cccc(NC(=O)CN(c2ccc(C)c(Cl)c2)S(C)(=O)=O)c1. The van der Waals surface area contributed by atoms with E-state index in [-0.39, 0.29) is 6.54 Å². The molecule has 2 aromatic carbocycles. The van der Waals surface area contributed by atoms with E-state index in [2.05, 4.69) is 5.32 Å². The highest BCUT2D eigenvalue weighted by Gasteiger charge is 2.21. The smallest absolute Gasteiger partial charge is 0.245 e. The summed E-state index contributed by atoms with van der Waals surface area (Å²) < 4.78 is 25.3. The van der Waals surface area contributed by atoms with Gasteiger partial charge in [-0.1, -0.05) is 23.7 Å². The zero-order chi connectivity index (χ0) is 18.6. The number of rotatable bonds is 6. The lowest BCUT2D eigenvalue weighted by Gasteiger charge is -2.22. The molecule has 5 nitrogen and oxygen atoms in total. The van der Waals surface area contributed by atoms with Crippen LogP contribution in [0.15, 0.2) is 47.4 Å². The van der Waals surface area contributed by atoms with Gasteiger partial charge in [0, 0.05) is 15.6 Å². The summed E-state index contributed by atoms with van der Waals surface area (Å²) in [6.07, 6.45) is 3.00. The highest BCUT2D eigenvalue weighted by molar-refractivity contribution is 7.98. The Morgan fingerprint density at radius 3 is 2.56 bits per heavy atom. The molecule has 0 aromatic heterocycles. The number of sulfonamides is 1. The molecule has 8 heteroatoms. The number of nitrogens with one attached hydrogen (secondary N) is 1. The van der Waals surface area contributed by atoms with Crippen LogP contribution in [-0.4, -0.2) is 33.4 Å². The maximum absolute atomic E-state index is 12.3. The van der Waals surface area contributed by atoms with Crippen molar-refractivity contribution in [3.8, 4) is 0 Å². The Kier molecular flexibility index (Phi) is 6.37. The summed E-state index contributed by atoms with van der Waals surface area (Å²) in [4.78, 5) is 13.3. The zero-order valence-electron chi connectivity index (χ0n) is 14.1. The van der Waals surface area contributed by atoms with Gasteiger partial charge in [0.05, 0.1) is 11.9 Å². The van der Waals surface area contributed by atoms with E-state index in [1.807, 2.05) is 31.4 Å². The Morgan fingerprint density at radius 2 is 1.96 bits per heavy atom. The van der Waals surface area contributed by atoms with Gasteiger partial charge in [0.1, 0.15) is 6.54 Å². The molecule has 0 aliphatic rings. The van der Waals surface area contributed by atoms with E-state index in [0.717, 1.165) is 21.0 Å². The minimum atomic E-state index is -3.64. The Hall–Kier alpha value is -1.70. The quantitative estimate of drug-likeness (QED) is 0.752. The number of carbonyl (C=O) groups is 1. The molecular formula is C17H19ClN2O3S2. The maximum Gasteiger partial charge on any atom is 0.245 e. The fourth-order valence-corrected chi connectivity index (χ4v) is 3.65.